The summed E-state index contributed by atoms with van der Waals surface area (Å²) in [5.41, 5.74) is 4.55. The van der Waals surface area contributed by atoms with Crippen molar-refractivity contribution in [2.45, 2.75) is 26.5 Å². The van der Waals surface area contributed by atoms with Gasteiger partial charge in [0.15, 0.2) is 5.65 Å². The molecule has 0 saturated carbocycles. The van der Waals surface area contributed by atoms with Crippen LogP contribution in [0.1, 0.15) is 35.9 Å². The molecule has 7 nitrogen and oxygen atoms in total. The molecular formula is C20H19N5O2S. The van der Waals surface area contributed by atoms with Crippen LogP contribution in [0.4, 0.5) is 5.69 Å². The Kier molecular flexibility index (Phi) is 5.03. The number of nitrogens with one attached hydrogen (secondary N) is 1. The van der Waals surface area contributed by atoms with E-state index in [1.165, 1.54) is 11.3 Å². The molecule has 0 aliphatic heterocycles. The first-order valence-corrected chi connectivity index (χ1v) is 9.79. The first kappa shape index (κ1) is 18.1. The lowest BCUT2D eigenvalue weighted by Crippen LogP contribution is -2.12. The summed E-state index contributed by atoms with van der Waals surface area (Å²) in [5.74, 6) is 0.393. The number of anilines is 1. The van der Waals surface area contributed by atoms with Gasteiger partial charge in [-0.15, -0.1) is 11.3 Å². The van der Waals surface area contributed by atoms with E-state index in [-0.39, 0.29) is 11.9 Å². The molecule has 0 bridgehead atoms. The van der Waals surface area contributed by atoms with E-state index in [2.05, 4.69) is 20.4 Å². The number of carbonyl (C=O) groups is 1. The summed E-state index contributed by atoms with van der Waals surface area (Å²) in [4.78, 5) is 21.2. The number of fused-ring (bicyclic) bond motifs is 1. The van der Waals surface area contributed by atoms with E-state index in [0.717, 1.165) is 16.7 Å². The van der Waals surface area contributed by atoms with Crippen LogP contribution >= 0.6 is 11.3 Å². The lowest BCUT2D eigenvalue weighted by atomic mass is 10.2. The van der Waals surface area contributed by atoms with Gasteiger partial charge in [0.25, 0.3) is 5.91 Å². The SMILES string of the molecule is CC(C)n1ncc2cc(NC(=O)c3cccc(OCc4cscn4)c3)cnc21. The van der Waals surface area contributed by atoms with Crippen LogP contribution in [0.25, 0.3) is 11.0 Å². The standard InChI is InChI=1S/C20H19N5O2S/c1-13(2)25-19-15(8-23-25)6-16(9-21-19)24-20(26)14-4-3-5-18(7-14)27-10-17-11-28-12-22-17/h3-9,11-13H,10H2,1-2H3,(H,24,26). The number of carbonyl (C=O) groups excluding carboxylic acids is 1. The molecule has 4 aromatic rings. The van der Waals surface area contributed by atoms with Gasteiger partial charge in [-0.2, -0.15) is 5.10 Å². The number of amides is 1. The molecule has 0 aliphatic rings. The predicted molar refractivity (Wildman–Crippen MR) is 109 cm³/mol. The average Bonchev–Trinajstić information content (AvgIpc) is 3.36. The van der Waals surface area contributed by atoms with Crippen molar-refractivity contribution in [1.29, 1.82) is 0 Å². The minimum Gasteiger partial charge on any atom is -0.487 e. The van der Waals surface area contributed by atoms with E-state index >= 15 is 0 Å². The van der Waals surface area contributed by atoms with E-state index < -0.39 is 0 Å². The van der Waals surface area contributed by atoms with Crippen LogP contribution < -0.4 is 10.1 Å². The smallest absolute Gasteiger partial charge is 0.255 e. The first-order chi connectivity index (χ1) is 13.6. The summed E-state index contributed by atoms with van der Waals surface area (Å²) >= 11 is 1.52. The fourth-order valence-corrected chi connectivity index (χ4v) is 3.33. The fraction of sp³-hybridized carbons (Fsp3) is 0.200. The van der Waals surface area contributed by atoms with Crippen LogP contribution in [0.5, 0.6) is 5.75 Å². The Morgan fingerprint density at radius 3 is 2.93 bits per heavy atom. The zero-order valence-electron chi connectivity index (χ0n) is 15.5. The second-order valence-corrected chi connectivity index (χ2v) is 7.29. The second-order valence-electron chi connectivity index (χ2n) is 6.57. The molecule has 1 aromatic carbocycles. The van der Waals surface area contributed by atoms with E-state index in [4.69, 9.17) is 4.74 Å². The van der Waals surface area contributed by atoms with Gasteiger partial charge in [0.2, 0.25) is 0 Å². The molecule has 142 valence electrons. The van der Waals surface area contributed by atoms with Crippen molar-refractivity contribution in [3.63, 3.8) is 0 Å². The van der Waals surface area contributed by atoms with Crippen LogP contribution in [0, 0.1) is 0 Å². The van der Waals surface area contributed by atoms with Crippen molar-refractivity contribution in [3.8, 4) is 5.75 Å². The largest absolute Gasteiger partial charge is 0.487 e. The number of pyridine rings is 1. The molecule has 0 fully saturated rings. The summed E-state index contributed by atoms with van der Waals surface area (Å²) < 4.78 is 7.57. The van der Waals surface area contributed by atoms with E-state index in [9.17, 15) is 4.79 Å². The molecule has 0 atom stereocenters. The van der Waals surface area contributed by atoms with Gasteiger partial charge < -0.3 is 10.1 Å². The molecule has 0 spiro atoms. The van der Waals surface area contributed by atoms with Crippen LogP contribution in [-0.4, -0.2) is 25.7 Å². The first-order valence-electron chi connectivity index (χ1n) is 8.84. The van der Waals surface area contributed by atoms with Crippen LogP contribution in [-0.2, 0) is 6.61 Å². The Morgan fingerprint density at radius 1 is 1.25 bits per heavy atom. The Bertz CT molecular complexity index is 1100. The zero-order valence-corrected chi connectivity index (χ0v) is 16.3. The molecular weight excluding hydrogens is 374 g/mol. The monoisotopic (exact) mass is 393 g/mol. The molecule has 0 unspecified atom stereocenters. The van der Waals surface area contributed by atoms with Crippen molar-refractivity contribution in [1.82, 2.24) is 19.7 Å². The Labute approximate surface area is 166 Å². The third-order valence-corrected chi connectivity index (χ3v) is 4.78. The second kappa shape index (κ2) is 7.77. The molecule has 1 N–H and O–H groups in total. The quantitative estimate of drug-likeness (QED) is 0.528. The van der Waals surface area contributed by atoms with Crippen molar-refractivity contribution in [2.75, 3.05) is 5.32 Å². The van der Waals surface area contributed by atoms with Gasteiger partial charge in [0.1, 0.15) is 12.4 Å². The summed E-state index contributed by atoms with van der Waals surface area (Å²) in [7, 11) is 0. The minimum atomic E-state index is -0.225. The fourth-order valence-electron chi connectivity index (χ4n) is 2.78. The topological polar surface area (TPSA) is 81.9 Å². The number of benzene rings is 1. The van der Waals surface area contributed by atoms with Gasteiger partial charge >= 0.3 is 0 Å². The summed E-state index contributed by atoms with van der Waals surface area (Å²) in [6, 6.07) is 9.15. The van der Waals surface area contributed by atoms with Gasteiger partial charge in [-0.3, -0.25) is 4.79 Å². The molecule has 3 aromatic heterocycles. The van der Waals surface area contributed by atoms with Crippen LogP contribution in [0.2, 0.25) is 0 Å². The van der Waals surface area contributed by atoms with Gasteiger partial charge in [0.05, 0.1) is 29.3 Å². The maximum atomic E-state index is 12.6. The van der Waals surface area contributed by atoms with Crippen molar-refractivity contribution in [2.24, 2.45) is 0 Å². The van der Waals surface area contributed by atoms with E-state index in [0.29, 0.717) is 23.6 Å². The third kappa shape index (κ3) is 3.86. The average molecular weight is 393 g/mol. The molecule has 8 heteroatoms. The molecule has 4 rings (SSSR count). The highest BCUT2D eigenvalue weighted by Gasteiger charge is 2.11. The van der Waals surface area contributed by atoms with Gasteiger partial charge in [0, 0.05) is 22.4 Å². The van der Waals surface area contributed by atoms with Gasteiger partial charge in [-0.05, 0) is 38.1 Å². The van der Waals surface area contributed by atoms with Gasteiger partial charge in [-0.25, -0.2) is 14.6 Å². The molecule has 0 aliphatic carbocycles. The number of nitrogens with zero attached hydrogens (tertiary/aromatic N) is 4. The van der Waals surface area contributed by atoms with Crippen LogP contribution in [0.15, 0.2) is 53.6 Å². The number of rotatable bonds is 6. The Balaban J connectivity index is 1.47. The third-order valence-electron chi connectivity index (χ3n) is 4.15. The number of ether oxygens (including phenoxy) is 1. The number of hydrogen-bond donors (Lipinski definition) is 1. The highest BCUT2D eigenvalue weighted by Crippen LogP contribution is 2.21. The summed E-state index contributed by atoms with van der Waals surface area (Å²) in [6.45, 7) is 4.47. The van der Waals surface area contributed by atoms with Crippen LogP contribution in [0.3, 0.4) is 0 Å². The number of hydrogen-bond acceptors (Lipinski definition) is 6. The minimum absolute atomic E-state index is 0.220. The van der Waals surface area contributed by atoms with Crippen molar-refractivity contribution < 1.29 is 9.53 Å². The lowest BCUT2D eigenvalue weighted by molar-refractivity contribution is 0.102. The van der Waals surface area contributed by atoms with E-state index in [1.807, 2.05) is 36.0 Å². The van der Waals surface area contributed by atoms with Gasteiger partial charge in [-0.1, -0.05) is 6.07 Å². The highest BCUT2D eigenvalue weighted by molar-refractivity contribution is 7.07. The maximum Gasteiger partial charge on any atom is 0.255 e. The molecule has 1 amide bonds. The zero-order chi connectivity index (χ0) is 19.5. The highest BCUT2D eigenvalue weighted by atomic mass is 32.1. The Hall–Kier alpha value is -3.26. The van der Waals surface area contributed by atoms with Crippen molar-refractivity contribution >= 4 is 34.0 Å². The van der Waals surface area contributed by atoms with E-state index in [1.54, 1.807) is 36.1 Å². The predicted octanol–water partition coefficient (Wildman–Crippen LogP) is 4.30. The number of aromatic nitrogens is 4. The summed E-state index contributed by atoms with van der Waals surface area (Å²) in [6.07, 6.45) is 3.40. The number of thiazole rings is 1. The molecule has 0 radical (unpaired) electrons. The molecule has 3 heterocycles. The lowest BCUT2D eigenvalue weighted by Gasteiger charge is -2.09. The molecule has 28 heavy (non-hydrogen) atoms. The molecule has 0 saturated heterocycles. The Morgan fingerprint density at radius 2 is 2.14 bits per heavy atom. The van der Waals surface area contributed by atoms with Crippen molar-refractivity contribution in [3.05, 3.63) is 64.9 Å². The normalized spacial score (nSPS) is 11.1. The summed E-state index contributed by atoms with van der Waals surface area (Å²) in [5, 5.41) is 10.0. The maximum absolute atomic E-state index is 12.6.